The lowest BCUT2D eigenvalue weighted by atomic mass is 9.88. The second-order valence-electron chi connectivity index (χ2n) is 6.52. The van der Waals surface area contributed by atoms with Gasteiger partial charge in [-0.15, -0.1) is 0 Å². The van der Waals surface area contributed by atoms with Gasteiger partial charge in [-0.3, -0.25) is 4.79 Å². The molecule has 2 heterocycles. The van der Waals surface area contributed by atoms with Crippen molar-refractivity contribution >= 4 is 17.5 Å². The monoisotopic (exact) mass is 324 g/mol. The Balaban J connectivity index is 1.73. The standard InChI is InChI=1S/C17H22ClFN2O/c1-20-9-2-6-17(20)7-3-10-21(11-8-17)16(22)13-4-5-14(18)15(19)12-13/h4-5,12H,2-3,6-11H2,1H3/t17-/m1/s1. The van der Waals surface area contributed by atoms with E-state index in [0.29, 0.717) is 5.56 Å². The van der Waals surface area contributed by atoms with E-state index in [0.717, 1.165) is 38.9 Å². The minimum Gasteiger partial charge on any atom is -0.339 e. The number of hydrogen-bond donors (Lipinski definition) is 0. The number of amides is 1. The first kappa shape index (κ1) is 15.8. The second kappa shape index (κ2) is 6.17. The molecule has 0 radical (unpaired) electrons. The molecular weight excluding hydrogens is 303 g/mol. The van der Waals surface area contributed by atoms with Crippen LogP contribution >= 0.6 is 11.6 Å². The van der Waals surface area contributed by atoms with Crippen LogP contribution in [0.2, 0.25) is 5.02 Å². The highest BCUT2D eigenvalue weighted by Crippen LogP contribution is 2.37. The fourth-order valence-electron chi connectivity index (χ4n) is 3.90. The Morgan fingerprint density at radius 3 is 2.55 bits per heavy atom. The third-order valence-corrected chi connectivity index (χ3v) is 5.62. The summed E-state index contributed by atoms with van der Waals surface area (Å²) in [4.78, 5) is 16.9. The lowest BCUT2D eigenvalue weighted by molar-refractivity contribution is 0.0749. The van der Waals surface area contributed by atoms with Gasteiger partial charge < -0.3 is 9.80 Å². The number of benzene rings is 1. The smallest absolute Gasteiger partial charge is 0.253 e. The molecule has 2 aliphatic rings. The Morgan fingerprint density at radius 2 is 1.91 bits per heavy atom. The largest absolute Gasteiger partial charge is 0.339 e. The zero-order valence-corrected chi connectivity index (χ0v) is 13.7. The summed E-state index contributed by atoms with van der Waals surface area (Å²) >= 11 is 5.69. The molecule has 0 aromatic heterocycles. The van der Waals surface area contributed by atoms with Gasteiger partial charge in [-0.2, -0.15) is 0 Å². The maximum atomic E-state index is 13.6. The van der Waals surface area contributed by atoms with Crippen LogP contribution in [0.1, 0.15) is 42.5 Å². The lowest BCUT2D eigenvalue weighted by Gasteiger charge is -2.35. The van der Waals surface area contributed by atoms with E-state index in [1.54, 1.807) is 6.07 Å². The summed E-state index contributed by atoms with van der Waals surface area (Å²) in [6.07, 6.45) is 5.62. The van der Waals surface area contributed by atoms with Gasteiger partial charge in [-0.05, 0) is 63.9 Å². The Bertz CT molecular complexity index is 580. The van der Waals surface area contributed by atoms with Gasteiger partial charge >= 0.3 is 0 Å². The van der Waals surface area contributed by atoms with E-state index in [-0.39, 0.29) is 16.5 Å². The first-order valence-electron chi connectivity index (χ1n) is 7.97. The summed E-state index contributed by atoms with van der Waals surface area (Å²) in [5.41, 5.74) is 0.651. The number of likely N-dealkylation sites (tertiary alicyclic amines) is 2. The molecule has 0 aliphatic carbocycles. The SMILES string of the molecule is CN1CCC[C@]12CCCN(C(=O)c1ccc(Cl)c(F)c1)CC2. The molecule has 1 amide bonds. The molecule has 1 aromatic carbocycles. The molecule has 0 unspecified atom stereocenters. The minimum absolute atomic E-state index is 0.0546. The fourth-order valence-corrected chi connectivity index (χ4v) is 4.02. The van der Waals surface area contributed by atoms with E-state index in [1.165, 1.54) is 25.0 Å². The molecule has 0 bridgehead atoms. The van der Waals surface area contributed by atoms with Crippen LogP contribution in [0.4, 0.5) is 4.39 Å². The Labute approximate surface area is 136 Å². The first-order valence-corrected chi connectivity index (χ1v) is 8.35. The van der Waals surface area contributed by atoms with E-state index in [9.17, 15) is 9.18 Å². The summed E-state index contributed by atoms with van der Waals surface area (Å²) in [7, 11) is 2.19. The normalized spacial score (nSPS) is 26.4. The van der Waals surface area contributed by atoms with E-state index in [4.69, 9.17) is 11.6 Å². The highest BCUT2D eigenvalue weighted by Gasteiger charge is 2.40. The summed E-state index contributed by atoms with van der Waals surface area (Å²) in [6, 6.07) is 4.30. The van der Waals surface area contributed by atoms with E-state index < -0.39 is 5.82 Å². The van der Waals surface area contributed by atoms with Crippen molar-refractivity contribution in [2.45, 2.75) is 37.6 Å². The van der Waals surface area contributed by atoms with Crippen molar-refractivity contribution in [2.75, 3.05) is 26.7 Å². The van der Waals surface area contributed by atoms with Crippen molar-refractivity contribution in [3.63, 3.8) is 0 Å². The van der Waals surface area contributed by atoms with Gasteiger partial charge in [0.25, 0.3) is 5.91 Å². The van der Waals surface area contributed by atoms with E-state index in [1.807, 2.05) is 4.90 Å². The first-order chi connectivity index (χ1) is 10.5. The average Bonchev–Trinajstić information content (AvgIpc) is 2.73. The number of halogens is 2. The van der Waals surface area contributed by atoms with Gasteiger partial charge in [-0.25, -0.2) is 4.39 Å². The molecule has 0 N–H and O–H groups in total. The molecule has 0 saturated carbocycles. The Hall–Kier alpha value is -1.13. The van der Waals surface area contributed by atoms with Crippen molar-refractivity contribution in [3.8, 4) is 0 Å². The van der Waals surface area contributed by atoms with Gasteiger partial charge in [0.05, 0.1) is 5.02 Å². The molecule has 120 valence electrons. The molecule has 1 atom stereocenters. The molecule has 3 nitrogen and oxygen atoms in total. The van der Waals surface area contributed by atoms with E-state index >= 15 is 0 Å². The fraction of sp³-hybridized carbons (Fsp3) is 0.588. The summed E-state index contributed by atoms with van der Waals surface area (Å²) in [5.74, 6) is -0.623. The van der Waals surface area contributed by atoms with Crippen molar-refractivity contribution in [3.05, 3.63) is 34.6 Å². The zero-order valence-electron chi connectivity index (χ0n) is 12.9. The van der Waals surface area contributed by atoms with Crippen molar-refractivity contribution in [1.29, 1.82) is 0 Å². The van der Waals surface area contributed by atoms with Gasteiger partial charge in [0.15, 0.2) is 0 Å². The Morgan fingerprint density at radius 1 is 1.18 bits per heavy atom. The molecule has 3 rings (SSSR count). The molecular formula is C17H22ClFN2O. The highest BCUT2D eigenvalue weighted by molar-refractivity contribution is 6.30. The number of nitrogens with zero attached hydrogens (tertiary/aromatic N) is 2. The van der Waals surface area contributed by atoms with Crippen LogP contribution in [-0.2, 0) is 0 Å². The van der Waals surface area contributed by atoms with Crippen molar-refractivity contribution in [2.24, 2.45) is 0 Å². The molecule has 22 heavy (non-hydrogen) atoms. The van der Waals surface area contributed by atoms with E-state index in [2.05, 4.69) is 11.9 Å². The number of rotatable bonds is 1. The van der Waals surface area contributed by atoms with Crippen molar-refractivity contribution < 1.29 is 9.18 Å². The molecule has 1 aromatic rings. The van der Waals surface area contributed by atoms with Crippen LogP contribution in [0.3, 0.4) is 0 Å². The van der Waals surface area contributed by atoms with Gasteiger partial charge in [-0.1, -0.05) is 11.6 Å². The second-order valence-corrected chi connectivity index (χ2v) is 6.93. The Kier molecular flexibility index (Phi) is 4.42. The van der Waals surface area contributed by atoms with Crippen molar-refractivity contribution in [1.82, 2.24) is 9.80 Å². The third kappa shape index (κ3) is 2.86. The summed E-state index contributed by atoms with van der Waals surface area (Å²) in [5, 5.41) is 0.0546. The van der Waals surface area contributed by atoms with Crippen LogP contribution in [0.15, 0.2) is 18.2 Å². The van der Waals surface area contributed by atoms with Crippen LogP contribution in [-0.4, -0.2) is 47.9 Å². The topological polar surface area (TPSA) is 23.6 Å². The molecule has 2 fully saturated rings. The average molecular weight is 325 g/mol. The summed E-state index contributed by atoms with van der Waals surface area (Å²) in [6.45, 7) is 2.64. The highest BCUT2D eigenvalue weighted by atomic mass is 35.5. The predicted octanol–water partition coefficient (Wildman–Crippen LogP) is 3.57. The van der Waals surface area contributed by atoms with Crippen LogP contribution in [0, 0.1) is 5.82 Å². The lowest BCUT2D eigenvalue weighted by Crippen LogP contribution is -2.42. The minimum atomic E-state index is -0.533. The maximum absolute atomic E-state index is 13.6. The van der Waals surface area contributed by atoms with Crippen LogP contribution < -0.4 is 0 Å². The van der Waals surface area contributed by atoms with Gasteiger partial charge in [0.1, 0.15) is 5.82 Å². The van der Waals surface area contributed by atoms with Crippen LogP contribution in [0.5, 0.6) is 0 Å². The number of carbonyl (C=O) groups is 1. The quantitative estimate of drug-likeness (QED) is 0.788. The molecule has 1 spiro atoms. The third-order valence-electron chi connectivity index (χ3n) is 5.32. The number of hydrogen-bond acceptors (Lipinski definition) is 2. The molecule has 2 saturated heterocycles. The van der Waals surface area contributed by atoms with Crippen LogP contribution in [0.25, 0.3) is 0 Å². The predicted molar refractivity (Wildman–Crippen MR) is 85.8 cm³/mol. The zero-order chi connectivity index (χ0) is 15.7. The molecule has 2 aliphatic heterocycles. The maximum Gasteiger partial charge on any atom is 0.253 e. The van der Waals surface area contributed by atoms with Gasteiger partial charge in [0, 0.05) is 24.2 Å². The van der Waals surface area contributed by atoms with Gasteiger partial charge in [0.2, 0.25) is 0 Å². The number of carbonyl (C=O) groups excluding carboxylic acids is 1. The molecule has 5 heteroatoms. The summed E-state index contributed by atoms with van der Waals surface area (Å²) < 4.78 is 13.6.